The number of hydrogen-bond donors (Lipinski definition) is 2. The van der Waals surface area contributed by atoms with E-state index in [-0.39, 0.29) is 29.5 Å². The summed E-state index contributed by atoms with van der Waals surface area (Å²) in [5, 5.41) is 15.5. The summed E-state index contributed by atoms with van der Waals surface area (Å²) in [6.07, 6.45) is 13.6. The topological polar surface area (TPSA) is 69.8 Å². The van der Waals surface area contributed by atoms with Gasteiger partial charge in [-0.3, -0.25) is 14.3 Å². The Hall–Kier alpha value is -1.42. The number of pyridine rings is 1. The molecule has 2 aromatic heterocycles. The Bertz CT molecular complexity index is 822. The molecule has 31 heavy (non-hydrogen) atoms. The Morgan fingerprint density at radius 2 is 1.81 bits per heavy atom. The highest BCUT2D eigenvalue weighted by atomic mass is 127. The number of hydrogen-bond acceptors (Lipinski definition) is 4. The first-order valence-electron chi connectivity index (χ1n) is 11.9. The number of piperidine rings is 1. The van der Waals surface area contributed by atoms with Crippen LogP contribution >= 0.6 is 24.0 Å². The molecule has 2 N–H and O–H groups in total. The van der Waals surface area contributed by atoms with E-state index in [0.29, 0.717) is 0 Å². The smallest absolute Gasteiger partial charge is 0.191 e. The van der Waals surface area contributed by atoms with Gasteiger partial charge in [-0.1, -0.05) is 31.7 Å². The lowest BCUT2D eigenvalue weighted by atomic mass is 9.79. The highest BCUT2D eigenvalue weighted by Gasteiger charge is 2.38. The molecule has 2 aliphatic rings. The van der Waals surface area contributed by atoms with Crippen LogP contribution in [0, 0.1) is 0 Å². The predicted octanol–water partition coefficient (Wildman–Crippen LogP) is 3.63. The van der Waals surface area contributed by atoms with E-state index in [1.807, 2.05) is 24.4 Å². The molecule has 8 heteroatoms. The quantitative estimate of drug-likeness (QED) is 0.320. The minimum atomic E-state index is 0. The SMILES string of the molecule is CCNC(=NCC1(N2CCCCC2)CCCCC1)NCCc1nnc2ccccn12.I. The first-order valence-corrected chi connectivity index (χ1v) is 11.9. The predicted molar refractivity (Wildman–Crippen MR) is 137 cm³/mol. The van der Waals surface area contributed by atoms with Crippen LogP contribution in [0.3, 0.4) is 0 Å². The number of aliphatic imine (C=N–C) groups is 1. The normalized spacial score (nSPS) is 19.7. The average Bonchev–Trinajstić information content (AvgIpc) is 3.22. The van der Waals surface area contributed by atoms with Crippen LogP contribution in [0.4, 0.5) is 0 Å². The molecule has 0 bridgehead atoms. The zero-order chi connectivity index (χ0) is 20.7. The molecule has 0 aromatic carbocycles. The molecular weight excluding hydrogens is 501 g/mol. The monoisotopic (exact) mass is 539 g/mol. The van der Waals surface area contributed by atoms with Crippen LogP contribution in [0.5, 0.6) is 0 Å². The molecule has 0 unspecified atom stereocenters. The van der Waals surface area contributed by atoms with E-state index in [9.17, 15) is 0 Å². The lowest BCUT2D eigenvalue weighted by molar-refractivity contribution is 0.0407. The third kappa shape index (κ3) is 6.09. The fourth-order valence-corrected chi connectivity index (χ4v) is 5.07. The Labute approximate surface area is 203 Å². The molecule has 0 radical (unpaired) electrons. The third-order valence-corrected chi connectivity index (χ3v) is 6.71. The first-order chi connectivity index (χ1) is 14.8. The summed E-state index contributed by atoms with van der Waals surface area (Å²) >= 11 is 0. The molecule has 2 fully saturated rings. The molecule has 0 atom stereocenters. The number of guanidine groups is 1. The van der Waals surface area contributed by atoms with Crippen molar-refractivity contribution < 1.29 is 0 Å². The van der Waals surface area contributed by atoms with Gasteiger partial charge in [-0.25, -0.2) is 0 Å². The molecule has 2 aromatic rings. The van der Waals surface area contributed by atoms with Crippen LogP contribution in [0.1, 0.15) is 64.1 Å². The lowest BCUT2D eigenvalue weighted by Gasteiger charge is -2.47. The standard InChI is InChI=1S/C23H37N7.HI/c1-2-24-22(25-15-12-21-28-27-20-11-5-10-18-30(20)21)26-19-23(13-6-3-7-14-23)29-16-8-4-9-17-29;/h5,10-11,18H,2-4,6-9,12-17,19H2,1H3,(H2,24,25,26);1H. The fraction of sp³-hybridized carbons (Fsp3) is 0.696. The van der Waals surface area contributed by atoms with Gasteiger partial charge in [-0.15, -0.1) is 34.2 Å². The highest BCUT2D eigenvalue weighted by molar-refractivity contribution is 14.0. The summed E-state index contributed by atoms with van der Waals surface area (Å²) in [6, 6.07) is 5.99. The second-order valence-electron chi connectivity index (χ2n) is 8.75. The largest absolute Gasteiger partial charge is 0.357 e. The van der Waals surface area contributed by atoms with Crippen molar-refractivity contribution in [1.29, 1.82) is 0 Å². The van der Waals surface area contributed by atoms with Crippen molar-refractivity contribution in [3.05, 3.63) is 30.2 Å². The highest BCUT2D eigenvalue weighted by Crippen LogP contribution is 2.35. The Kier molecular flexibility index (Phi) is 9.37. The Balaban J connectivity index is 0.00000272. The van der Waals surface area contributed by atoms with E-state index in [1.54, 1.807) is 0 Å². The molecule has 0 spiro atoms. The summed E-state index contributed by atoms with van der Waals surface area (Å²) in [6.45, 7) is 7.19. The van der Waals surface area contributed by atoms with Crippen LogP contribution < -0.4 is 10.6 Å². The van der Waals surface area contributed by atoms with Crippen LogP contribution in [0.15, 0.2) is 29.4 Å². The molecule has 4 rings (SSSR count). The van der Waals surface area contributed by atoms with Crippen molar-refractivity contribution in [3.63, 3.8) is 0 Å². The van der Waals surface area contributed by atoms with Gasteiger partial charge in [0.1, 0.15) is 5.82 Å². The van der Waals surface area contributed by atoms with Crippen molar-refractivity contribution in [2.45, 2.75) is 70.3 Å². The number of nitrogens with zero attached hydrogens (tertiary/aromatic N) is 5. The summed E-state index contributed by atoms with van der Waals surface area (Å²) < 4.78 is 2.05. The van der Waals surface area contributed by atoms with Gasteiger partial charge in [0.15, 0.2) is 11.6 Å². The molecule has 1 saturated carbocycles. The maximum Gasteiger partial charge on any atom is 0.191 e. The fourth-order valence-electron chi connectivity index (χ4n) is 5.07. The van der Waals surface area contributed by atoms with Crippen molar-refractivity contribution in [3.8, 4) is 0 Å². The van der Waals surface area contributed by atoms with Crippen LogP contribution in [-0.2, 0) is 6.42 Å². The summed E-state index contributed by atoms with van der Waals surface area (Å²) in [7, 11) is 0. The van der Waals surface area contributed by atoms with E-state index in [1.165, 1.54) is 64.5 Å². The molecular formula is C23H38IN7. The Morgan fingerprint density at radius 3 is 2.58 bits per heavy atom. The van der Waals surface area contributed by atoms with Crippen LogP contribution in [-0.4, -0.2) is 63.7 Å². The number of nitrogens with one attached hydrogen (secondary N) is 2. The van der Waals surface area contributed by atoms with Gasteiger partial charge in [-0.2, -0.15) is 0 Å². The maximum atomic E-state index is 5.08. The van der Waals surface area contributed by atoms with Gasteiger partial charge >= 0.3 is 0 Å². The van der Waals surface area contributed by atoms with Crippen LogP contribution in [0.25, 0.3) is 5.65 Å². The minimum Gasteiger partial charge on any atom is -0.357 e. The van der Waals surface area contributed by atoms with E-state index in [0.717, 1.165) is 43.5 Å². The molecule has 172 valence electrons. The minimum absolute atomic E-state index is 0. The third-order valence-electron chi connectivity index (χ3n) is 6.71. The van der Waals surface area contributed by atoms with Gasteiger partial charge in [0.05, 0.1) is 6.54 Å². The molecule has 0 amide bonds. The molecule has 3 heterocycles. The summed E-state index contributed by atoms with van der Waals surface area (Å²) in [5.41, 5.74) is 1.17. The van der Waals surface area contributed by atoms with E-state index < -0.39 is 0 Å². The first kappa shape index (κ1) is 24.2. The maximum absolute atomic E-state index is 5.08. The second-order valence-corrected chi connectivity index (χ2v) is 8.75. The zero-order valence-corrected chi connectivity index (χ0v) is 21.2. The van der Waals surface area contributed by atoms with Gasteiger partial charge < -0.3 is 10.6 Å². The van der Waals surface area contributed by atoms with Gasteiger partial charge in [0, 0.05) is 31.2 Å². The van der Waals surface area contributed by atoms with Crippen molar-refractivity contribution in [2.75, 3.05) is 32.7 Å². The van der Waals surface area contributed by atoms with Crippen molar-refractivity contribution in [1.82, 2.24) is 30.1 Å². The number of fused-ring (bicyclic) bond motifs is 1. The van der Waals surface area contributed by atoms with E-state index in [2.05, 4.69) is 37.1 Å². The van der Waals surface area contributed by atoms with Gasteiger partial charge in [0.2, 0.25) is 0 Å². The van der Waals surface area contributed by atoms with Crippen molar-refractivity contribution >= 4 is 35.6 Å². The number of likely N-dealkylation sites (tertiary alicyclic amines) is 1. The van der Waals surface area contributed by atoms with E-state index in [4.69, 9.17) is 4.99 Å². The zero-order valence-electron chi connectivity index (χ0n) is 18.9. The number of halogens is 1. The lowest BCUT2D eigenvalue weighted by Crippen LogP contribution is -2.54. The molecule has 7 nitrogen and oxygen atoms in total. The Morgan fingerprint density at radius 1 is 1.03 bits per heavy atom. The van der Waals surface area contributed by atoms with Gasteiger partial charge in [-0.05, 0) is 57.8 Å². The molecule has 1 aliphatic heterocycles. The average molecular weight is 540 g/mol. The number of aromatic nitrogens is 3. The summed E-state index contributed by atoms with van der Waals surface area (Å²) in [4.78, 5) is 7.84. The van der Waals surface area contributed by atoms with Gasteiger partial charge in [0.25, 0.3) is 0 Å². The number of rotatable bonds is 7. The molecule has 1 saturated heterocycles. The van der Waals surface area contributed by atoms with E-state index >= 15 is 0 Å². The van der Waals surface area contributed by atoms with Crippen LogP contribution in [0.2, 0.25) is 0 Å². The second kappa shape index (κ2) is 12.0. The van der Waals surface area contributed by atoms with Crippen molar-refractivity contribution in [2.24, 2.45) is 4.99 Å². The molecule has 1 aliphatic carbocycles. The summed E-state index contributed by atoms with van der Waals surface area (Å²) in [5.74, 6) is 1.90.